The summed E-state index contributed by atoms with van der Waals surface area (Å²) in [7, 11) is -0.423. The second-order valence-corrected chi connectivity index (χ2v) is 6.14. The molecule has 0 atom stereocenters. The van der Waals surface area contributed by atoms with Crippen LogP contribution in [-0.2, 0) is 15.0 Å². The molecule has 7 heteroatoms. The van der Waals surface area contributed by atoms with Crippen molar-refractivity contribution in [3.8, 4) is 0 Å². The number of aliphatic carboxylic acids is 1. The molecule has 0 saturated heterocycles. The second-order valence-electron chi connectivity index (χ2n) is 4.00. The molecule has 0 aromatic carbocycles. The molecule has 0 unspecified atom stereocenters. The molecule has 1 N–H and O–H groups in total. The lowest BCUT2D eigenvalue weighted by Gasteiger charge is -2.24. The molecule has 0 amide bonds. The van der Waals surface area contributed by atoms with Crippen LogP contribution in [0.5, 0.6) is 0 Å². The van der Waals surface area contributed by atoms with Crippen molar-refractivity contribution in [3.05, 3.63) is 0 Å². The highest BCUT2D eigenvalue weighted by Gasteiger charge is 2.22. The molecule has 6 nitrogen and oxygen atoms in total. The van der Waals surface area contributed by atoms with E-state index in [1.165, 1.54) is 15.7 Å². The predicted molar refractivity (Wildman–Crippen MR) is 66.0 cm³/mol. The molecule has 0 aromatic heterocycles. The Morgan fingerprint density at radius 3 is 2.00 bits per heavy atom. The lowest BCUT2D eigenvalue weighted by molar-refractivity contribution is -0.137. The fourth-order valence-corrected chi connectivity index (χ4v) is 2.50. The van der Waals surface area contributed by atoms with Crippen LogP contribution >= 0.6 is 0 Å². The largest absolute Gasteiger partial charge is 0.481 e. The maximum absolute atomic E-state index is 11.9. The fraction of sp³-hybridized carbons (Fsp3) is 0.900. The summed E-state index contributed by atoms with van der Waals surface area (Å²) in [5.41, 5.74) is 0. The van der Waals surface area contributed by atoms with E-state index in [9.17, 15) is 13.2 Å². The molecule has 0 bridgehead atoms. The molecule has 0 aliphatic rings. The first-order chi connectivity index (χ1) is 7.82. The Morgan fingerprint density at radius 2 is 1.59 bits per heavy atom. The van der Waals surface area contributed by atoms with E-state index in [4.69, 9.17) is 5.11 Å². The summed E-state index contributed by atoms with van der Waals surface area (Å²) in [6.07, 6.45) is 2.06. The van der Waals surface area contributed by atoms with Gasteiger partial charge in [-0.1, -0.05) is 13.3 Å². The molecule has 0 spiro atoms. The van der Waals surface area contributed by atoms with Gasteiger partial charge in [0.25, 0.3) is 10.2 Å². The summed E-state index contributed by atoms with van der Waals surface area (Å²) in [4.78, 5) is 10.3. The van der Waals surface area contributed by atoms with Gasteiger partial charge in [-0.25, -0.2) is 0 Å². The van der Waals surface area contributed by atoms with Crippen molar-refractivity contribution in [1.82, 2.24) is 8.61 Å². The summed E-state index contributed by atoms with van der Waals surface area (Å²) < 4.78 is 26.3. The molecule has 0 aliphatic heterocycles. The van der Waals surface area contributed by atoms with E-state index in [0.29, 0.717) is 13.0 Å². The Balaban J connectivity index is 4.23. The van der Waals surface area contributed by atoms with E-state index < -0.39 is 16.2 Å². The number of nitrogens with zero attached hydrogens (tertiary/aromatic N) is 2. The Labute approximate surface area is 103 Å². The van der Waals surface area contributed by atoms with Crippen LogP contribution in [0, 0.1) is 0 Å². The molecule has 0 saturated carbocycles. The molecule has 0 rings (SSSR count). The van der Waals surface area contributed by atoms with Crippen LogP contribution in [0.4, 0.5) is 0 Å². The van der Waals surface area contributed by atoms with Gasteiger partial charge in [-0.05, 0) is 12.8 Å². The standard InChI is InChI=1S/C10H22N2O4S/c1-4-5-8-11(2)17(15,16)12(3)9-6-7-10(13)14/h4-9H2,1-3H3,(H,13,14). The maximum atomic E-state index is 11.9. The normalized spacial score (nSPS) is 12.3. The third kappa shape index (κ3) is 5.99. The zero-order chi connectivity index (χ0) is 13.5. The van der Waals surface area contributed by atoms with Crippen LogP contribution in [0.25, 0.3) is 0 Å². The molecule has 17 heavy (non-hydrogen) atoms. The minimum atomic E-state index is -3.44. The van der Waals surface area contributed by atoms with Crippen molar-refractivity contribution < 1.29 is 18.3 Å². The smallest absolute Gasteiger partial charge is 0.303 e. The third-order valence-corrected chi connectivity index (χ3v) is 4.42. The summed E-state index contributed by atoms with van der Waals surface area (Å²) in [5, 5.41) is 8.48. The lowest BCUT2D eigenvalue weighted by atomic mass is 10.3. The third-order valence-electron chi connectivity index (χ3n) is 2.48. The Hall–Kier alpha value is -0.660. The van der Waals surface area contributed by atoms with Crippen molar-refractivity contribution in [2.75, 3.05) is 27.2 Å². The first-order valence-corrected chi connectivity index (χ1v) is 7.11. The van der Waals surface area contributed by atoms with E-state index >= 15 is 0 Å². The highest BCUT2D eigenvalue weighted by molar-refractivity contribution is 7.86. The maximum Gasteiger partial charge on any atom is 0.303 e. The summed E-state index contributed by atoms with van der Waals surface area (Å²) in [6, 6.07) is 0. The number of carbonyl (C=O) groups is 1. The molecule has 102 valence electrons. The molecular formula is C10H22N2O4S. The number of carboxylic acids is 1. The van der Waals surface area contributed by atoms with Crippen LogP contribution in [0.2, 0.25) is 0 Å². The number of carboxylic acid groups (broad SMARTS) is 1. The first kappa shape index (κ1) is 16.3. The Morgan fingerprint density at radius 1 is 1.12 bits per heavy atom. The van der Waals surface area contributed by atoms with E-state index in [-0.39, 0.29) is 13.0 Å². The van der Waals surface area contributed by atoms with Crippen LogP contribution in [0.15, 0.2) is 0 Å². The summed E-state index contributed by atoms with van der Waals surface area (Å²) >= 11 is 0. The highest BCUT2D eigenvalue weighted by Crippen LogP contribution is 2.07. The van der Waals surface area contributed by atoms with Gasteiger partial charge in [0.1, 0.15) is 0 Å². The van der Waals surface area contributed by atoms with Gasteiger partial charge in [0.2, 0.25) is 0 Å². The average Bonchev–Trinajstić information content (AvgIpc) is 2.24. The number of hydrogen-bond donors (Lipinski definition) is 1. The predicted octanol–water partition coefficient (Wildman–Crippen LogP) is 0.760. The SMILES string of the molecule is CCCCN(C)S(=O)(=O)N(C)CCCC(=O)O. The van der Waals surface area contributed by atoms with Gasteiger partial charge in [-0.15, -0.1) is 0 Å². The number of rotatable bonds is 9. The van der Waals surface area contributed by atoms with Crippen LogP contribution < -0.4 is 0 Å². The van der Waals surface area contributed by atoms with Crippen LogP contribution in [0.3, 0.4) is 0 Å². The van der Waals surface area contributed by atoms with Crippen LogP contribution in [0.1, 0.15) is 32.6 Å². The zero-order valence-electron chi connectivity index (χ0n) is 10.7. The van der Waals surface area contributed by atoms with Gasteiger partial charge in [0.05, 0.1) is 0 Å². The van der Waals surface area contributed by atoms with Gasteiger partial charge < -0.3 is 5.11 Å². The molecular weight excluding hydrogens is 244 g/mol. The molecule has 0 aliphatic carbocycles. The van der Waals surface area contributed by atoms with Gasteiger partial charge in [-0.2, -0.15) is 17.0 Å². The average molecular weight is 266 g/mol. The van der Waals surface area contributed by atoms with Gasteiger partial charge in [-0.3, -0.25) is 4.79 Å². The first-order valence-electron chi connectivity index (χ1n) is 5.71. The molecule has 0 fully saturated rings. The number of unbranched alkanes of at least 4 members (excludes halogenated alkanes) is 1. The van der Waals surface area contributed by atoms with Gasteiger partial charge >= 0.3 is 5.97 Å². The highest BCUT2D eigenvalue weighted by atomic mass is 32.2. The van der Waals surface area contributed by atoms with Crippen molar-refractivity contribution in [3.63, 3.8) is 0 Å². The lowest BCUT2D eigenvalue weighted by Crippen LogP contribution is -2.40. The molecule has 0 radical (unpaired) electrons. The Kier molecular flexibility index (Phi) is 7.33. The van der Waals surface area contributed by atoms with Crippen molar-refractivity contribution in [2.24, 2.45) is 0 Å². The van der Waals surface area contributed by atoms with Gasteiger partial charge in [0.15, 0.2) is 0 Å². The minimum absolute atomic E-state index is 0.0153. The fourth-order valence-electron chi connectivity index (χ4n) is 1.30. The zero-order valence-corrected chi connectivity index (χ0v) is 11.5. The van der Waals surface area contributed by atoms with Crippen molar-refractivity contribution in [1.29, 1.82) is 0 Å². The van der Waals surface area contributed by atoms with Crippen LogP contribution in [-0.4, -0.2) is 55.3 Å². The van der Waals surface area contributed by atoms with E-state index in [0.717, 1.165) is 12.8 Å². The Bertz CT molecular complexity index is 329. The summed E-state index contributed by atoms with van der Waals surface area (Å²) in [6.45, 7) is 2.71. The van der Waals surface area contributed by atoms with E-state index in [1.54, 1.807) is 7.05 Å². The number of hydrogen-bond acceptors (Lipinski definition) is 3. The van der Waals surface area contributed by atoms with Crippen molar-refractivity contribution >= 4 is 16.2 Å². The van der Waals surface area contributed by atoms with Crippen molar-refractivity contribution in [2.45, 2.75) is 32.6 Å². The second kappa shape index (κ2) is 7.62. The minimum Gasteiger partial charge on any atom is -0.481 e. The van der Waals surface area contributed by atoms with E-state index in [1.807, 2.05) is 6.92 Å². The van der Waals surface area contributed by atoms with E-state index in [2.05, 4.69) is 0 Å². The summed E-state index contributed by atoms with van der Waals surface area (Å²) in [5.74, 6) is -0.907. The molecule has 0 aromatic rings. The van der Waals surface area contributed by atoms with Gasteiger partial charge in [0, 0.05) is 33.6 Å². The quantitative estimate of drug-likeness (QED) is 0.668. The molecule has 0 heterocycles. The topological polar surface area (TPSA) is 77.9 Å². The monoisotopic (exact) mass is 266 g/mol.